The van der Waals surface area contributed by atoms with Crippen LogP contribution in [0.4, 0.5) is 4.39 Å². The first-order valence-corrected chi connectivity index (χ1v) is 11.8. The van der Waals surface area contributed by atoms with E-state index in [4.69, 9.17) is 14.0 Å². The van der Waals surface area contributed by atoms with E-state index in [1.807, 2.05) is 30.3 Å². The van der Waals surface area contributed by atoms with Crippen molar-refractivity contribution in [1.29, 1.82) is 0 Å². The summed E-state index contributed by atoms with van der Waals surface area (Å²) in [6, 6.07) is 12.9. The van der Waals surface area contributed by atoms with Gasteiger partial charge in [-0.2, -0.15) is 0 Å². The molecule has 0 amide bonds. The second-order valence-electron chi connectivity index (χ2n) is 7.72. The van der Waals surface area contributed by atoms with Crippen LogP contribution in [0.1, 0.15) is 68.4 Å². The molecule has 5 heteroatoms. The van der Waals surface area contributed by atoms with Crippen LogP contribution in [0, 0.1) is 5.82 Å². The van der Waals surface area contributed by atoms with Gasteiger partial charge in [-0.05, 0) is 78.7 Å². The Labute approximate surface area is 185 Å². The summed E-state index contributed by atoms with van der Waals surface area (Å²) < 4.78 is 32.4. The molecule has 2 aromatic rings. The summed E-state index contributed by atoms with van der Waals surface area (Å²) >= 11 is 0.869. The van der Waals surface area contributed by atoms with Crippen LogP contribution in [0.25, 0.3) is 0 Å². The number of hydrogen-bond donors (Lipinski definition) is 1. The molecule has 2 aliphatic carbocycles. The van der Waals surface area contributed by atoms with E-state index in [0.717, 1.165) is 54.1 Å². The van der Waals surface area contributed by atoms with Crippen molar-refractivity contribution in [3.8, 4) is 11.5 Å². The third kappa shape index (κ3) is 9.40. The molecule has 0 heterocycles. The van der Waals surface area contributed by atoms with Crippen molar-refractivity contribution in [2.75, 3.05) is 20.0 Å². The number of aryl methyl sites for hydroxylation is 1. The van der Waals surface area contributed by atoms with Crippen molar-refractivity contribution >= 4 is 12.0 Å². The van der Waals surface area contributed by atoms with E-state index in [1.54, 1.807) is 20.3 Å². The van der Waals surface area contributed by atoms with Gasteiger partial charge < -0.3 is 14.0 Å². The van der Waals surface area contributed by atoms with Gasteiger partial charge in [0.15, 0.2) is 0 Å². The number of benzene rings is 2. The summed E-state index contributed by atoms with van der Waals surface area (Å²) in [5, 5.41) is 0. The highest BCUT2D eigenvalue weighted by Crippen LogP contribution is 2.35. The van der Waals surface area contributed by atoms with Crippen molar-refractivity contribution in [3.05, 3.63) is 59.4 Å². The first kappa shape index (κ1) is 24.5. The van der Waals surface area contributed by atoms with Crippen LogP contribution in [0.15, 0.2) is 42.5 Å². The monoisotopic (exact) mass is 434 g/mol. The average molecular weight is 435 g/mol. The van der Waals surface area contributed by atoms with Crippen molar-refractivity contribution < 1.29 is 18.4 Å². The van der Waals surface area contributed by atoms with E-state index in [2.05, 4.69) is 0 Å². The van der Waals surface area contributed by atoms with Crippen LogP contribution in [0.2, 0.25) is 0 Å². The Kier molecular flexibility index (Phi) is 11.7. The number of halogens is 1. The van der Waals surface area contributed by atoms with Crippen LogP contribution in [0.5, 0.6) is 11.5 Å². The van der Waals surface area contributed by atoms with Gasteiger partial charge in [0.1, 0.15) is 17.3 Å². The van der Waals surface area contributed by atoms with Gasteiger partial charge >= 0.3 is 0 Å². The number of hydrogen-bond acceptors (Lipinski definition) is 4. The maximum atomic E-state index is 13.6. The highest BCUT2D eigenvalue weighted by molar-refractivity contribution is 7.93. The first-order valence-electron chi connectivity index (χ1n) is 10.9. The van der Waals surface area contributed by atoms with Crippen molar-refractivity contribution in [2.24, 2.45) is 0 Å². The molecule has 2 aromatic carbocycles. The molecule has 0 unspecified atom stereocenters. The van der Waals surface area contributed by atoms with Crippen LogP contribution in [-0.4, -0.2) is 24.5 Å². The second-order valence-corrected chi connectivity index (χ2v) is 8.38. The number of ether oxygens (including phenoxy) is 2. The van der Waals surface area contributed by atoms with E-state index in [-0.39, 0.29) is 5.82 Å². The Morgan fingerprint density at radius 1 is 0.900 bits per heavy atom. The minimum atomic E-state index is -0.0808. The zero-order valence-corrected chi connectivity index (χ0v) is 19.1. The first-order chi connectivity index (χ1) is 14.7. The Balaban J connectivity index is 0.000000191. The third-order valence-corrected chi connectivity index (χ3v) is 5.60. The minimum Gasteiger partial charge on any atom is -0.497 e. The zero-order chi connectivity index (χ0) is 21.6. The molecule has 0 atom stereocenters. The predicted octanol–water partition coefficient (Wildman–Crippen LogP) is 7.50. The Bertz CT molecular complexity index is 727. The summed E-state index contributed by atoms with van der Waals surface area (Å²) in [4.78, 5) is 0. The largest absolute Gasteiger partial charge is 0.497 e. The smallest absolute Gasteiger partial charge is 0.126 e. The molecule has 0 saturated heterocycles. The molecule has 166 valence electrons. The summed E-state index contributed by atoms with van der Waals surface area (Å²) in [5.74, 6) is 2.68. The van der Waals surface area contributed by atoms with Crippen molar-refractivity contribution in [1.82, 2.24) is 0 Å². The van der Waals surface area contributed by atoms with Gasteiger partial charge in [-0.15, -0.1) is 0 Å². The van der Waals surface area contributed by atoms with E-state index in [9.17, 15) is 4.39 Å². The van der Waals surface area contributed by atoms with Gasteiger partial charge in [-0.3, -0.25) is 0 Å². The third-order valence-electron chi connectivity index (χ3n) is 5.22. The maximum absolute atomic E-state index is 13.6. The van der Waals surface area contributed by atoms with Crippen molar-refractivity contribution in [2.45, 2.75) is 63.7 Å². The molecule has 3 nitrogen and oxygen atoms in total. The summed E-state index contributed by atoms with van der Waals surface area (Å²) in [6.07, 6.45) is 11.3. The minimum absolute atomic E-state index is 0.0808. The molecular weight excluding hydrogens is 399 g/mol. The van der Waals surface area contributed by atoms with Gasteiger partial charge in [-0.1, -0.05) is 50.7 Å². The van der Waals surface area contributed by atoms with Gasteiger partial charge in [-0.25, -0.2) is 4.39 Å². The Morgan fingerprint density at radius 3 is 2.13 bits per heavy atom. The van der Waals surface area contributed by atoms with Crippen LogP contribution < -0.4 is 9.47 Å². The highest BCUT2D eigenvalue weighted by atomic mass is 32.2. The van der Waals surface area contributed by atoms with E-state index in [0.29, 0.717) is 5.92 Å². The van der Waals surface area contributed by atoms with E-state index >= 15 is 0 Å². The maximum Gasteiger partial charge on any atom is 0.126 e. The van der Waals surface area contributed by atoms with Gasteiger partial charge in [0.2, 0.25) is 0 Å². The Morgan fingerprint density at radius 2 is 1.53 bits per heavy atom. The average Bonchev–Trinajstić information content (AvgIpc) is 3.69. The molecule has 0 aliphatic heterocycles. The van der Waals surface area contributed by atoms with E-state index in [1.165, 1.54) is 50.2 Å². The fourth-order valence-electron chi connectivity index (χ4n) is 3.37. The molecule has 0 radical (unpaired) electrons. The second kappa shape index (κ2) is 14.3. The molecule has 2 saturated carbocycles. The SMILES string of the molecule is C1CC1.COc1ccc(F)c(C2CCCCC2)c1.COc1cccc(CCSO)c1. The van der Waals surface area contributed by atoms with Crippen molar-refractivity contribution in [3.63, 3.8) is 0 Å². The lowest BCUT2D eigenvalue weighted by atomic mass is 9.84. The molecule has 4 rings (SSSR count). The van der Waals surface area contributed by atoms with Crippen LogP contribution >= 0.6 is 12.0 Å². The topological polar surface area (TPSA) is 38.7 Å². The van der Waals surface area contributed by atoms with Gasteiger partial charge in [0, 0.05) is 5.75 Å². The van der Waals surface area contributed by atoms with Crippen LogP contribution in [-0.2, 0) is 6.42 Å². The number of methoxy groups -OCH3 is 2. The molecule has 2 aliphatic rings. The molecular formula is C25H35FO3S. The van der Waals surface area contributed by atoms with Gasteiger partial charge in [0.05, 0.1) is 14.2 Å². The summed E-state index contributed by atoms with van der Waals surface area (Å²) in [7, 11) is 3.28. The van der Waals surface area contributed by atoms with Crippen LogP contribution in [0.3, 0.4) is 0 Å². The lowest BCUT2D eigenvalue weighted by molar-refractivity contribution is 0.403. The standard InChI is InChI=1S/C13H17FO.C9H12O2S.C3H6/c1-15-11-7-8-13(14)12(9-11)10-5-3-2-4-6-10;1-11-9-4-2-3-8(7-9)5-6-12-10;1-2-3-1/h7-10H,2-6H2,1H3;2-4,7,10H,5-6H2,1H3;1-3H2. The van der Waals surface area contributed by atoms with Gasteiger partial charge in [0.25, 0.3) is 0 Å². The molecule has 1 N–H and O–H groups in total. The molecule has 0 bridgehead atoms. The van der Waals surface area contributed by atoms with E-state index < -0.39 is 0 Å². The molecule has 2 fully saturated rings. The molecule has 0 spiro atoms. The lowest BCUT2D eigenvalue weighted by Gasteiger charge is -2.22. The Hall–Kier alpha value is -1.72. The fourth-order valence-corrected chi connectivity index (χ4v) is 3.69. The quantitative estimate of drug-likeness (QED) is 0.478. The summed E-state index contributed by atoms with van der Waals surface area (Å²) in [5.41, 5.74) is 2.03. The summed E-state index contributed by atoms with van der Waals surface area (Å²) in [6.45, 7) is 0. The fraction of sp³-hybridized carbons (Fsp3) is 0.520. The highest BCUT2D eigenvalue weighted by Gasteiger charge is 2.19. The predicted molar refractivity (Wildman–Crippen MR) is 124 cm³/mol. The number of rotatable bonds is 6. The zero-order valence-electron chi connectivity index (χ0n) is 18.2. The molecule has 30 heavy (non-hydrogen) atoms. The molecule has 0 aromatic heterocycles. The lowest BCUT2D eigenvalue weighted by Crippen LogP contribution is -2.06. The normalized spacial score (nSPS) is 15.2.